The van der Waals surface area contributed by atoms with Gasteiger partial charge in [-0.05, 0) is 34.5 Å². The van der Waals surface area contributed by atoms with Crippen molar-refractivity contribution in [2.24, 2.45) is 28.1 Å². The van der Waals surface area contributed by atoms with Crippen molar-refractivity contribution >= 4 is 35.3 Å². The van der Waals surface area contributed by atoms with Crippen LogP contribution in [0.1, 0.15) is 85.5 Å². The second-order valence-corrected chi connectivity index (χ2v) is 15.5. The Labute approximate surface area is 279 Å². The van der Waals surface area contributed by atoms with E-state index in [9.17, 15) is 28.8 Å². The minimum Gasteiger partial charge on any atom is -0.346 e. The highest BCUT2D eigenvalue weighted by atomic mass is 16.2. The molecule has 1 aromatic carbocycles. The Morgan fingerprint density at radius 2 is 1.51 bits per heavy atom. The van der Waals surface area contributed by atoms with E-state index >= 15 is 0 Å². The molecule has 1 heterocycles. The van der Waals surface area contributed by atoms with Gasteiger partial charge in [-0.15, -0.1) is 6.58 Å². The fourth-order valence-electron chi connectivity index (χ4n) is 6.60. The number of carbonyl (C=O) groups excluding carboxylic acids is 6. The zero-order chi connectivity index (χ0) is 35.5. The minimum atomic E-state index is -1.05. The summed E-state index contributed by atoms with van der Waals surface area (Å²) in [6.45, 7) is 20.9. The SMILES string of the molecule is C=CCNC(=O)C(=O)C(CCC)NC(=O)[C@@H]1C2[C@H](CN1C(=O)[C@@H](NC(=O)NC(C(=O)c1ccccc1)C(C)(C)C)C(C)(C)C)C2(C)C. The molecule has 1 saturated carbocycles. The molecule has 0 aromatic heterocycles. The van der Waals surface area contributed by atoms with Crippen LogP contribution in [0.25, 0.3) is 0 Å². The Balaban J connectivity index is 1.85. The van der Waals surface area contributed by atoms with E-state index in [1.54, 1.807) is 24.3 Å². The number of nitrogens with zero attached hydrogens (tertiary/aromatic N) is 1. The maximum atomic E-state index is 14.3. The van der Waals surface area contributed by atoms with Crippen LogP contribution in [0.15, 0.2) is 43.0 Å². The maximum absolute atomic E-state index is 14.3. The molecular weight excluding hydrogens is 598 g/mol. The number of amides is 5. The molecule has 1 aliphatic heterocycles. The van der Waals surface area contributed by atoms with Crippen molar-refractivity contribution in [3.8, 4) is 0 Å². The lowest BCUT2D eigenvalue weighted by molar-refractivity contribution is -0.145. The van der Waals surface area contributed by atoms with Crippen LogP contribution in [0.4, 0.5) is 4.79 Å². The maximum Gasteiger partial charge on any atom is 0.316 e. The average Bonchev–Trinajstić information content (AvgIpc) is 3.30. The number of hydrogen-bond donors (Lipinski definition) is 4. The molecule has 2 aliphatic rings. The fourth-order valence-corrected chi connectivity index (χ4v) is 6.60. The van der Waals surface area contributed by atoms with E-state index in [-0.39, 0.29) is 36.0 Å². The van der Waals surface area contributed by atoms with Gasteiger partial charge in [-0.3, -0.25) is 24.0 Å². The summed E-state index contributed by atoms with van der Waals surface area (Å²) >= 11 is 0. The molecule has 1 saturated heterocycles. The molecule has 11 heteroatoms. The first-order chi connectivity index (χ1) is 21.8. The first-order valence-electron chi connectivity index (χ1n) is 16.5. The molecule has 3 rings (SSSR count). The Bertz CT molecular complexity index is 1380. The third-order valence-electron chi connectivity index (χ3n) is 9.45. The molecule has 6 atom stereocenters. The van der Waals surface area contributed by atoms with Gasteiger partial charge in [-0.25, -0.2) is 4.79 Å². The van der Waals surface area contributed by atoms with Crippen molar-refractivity contribution in [2.75, 3.05) is 13.1 Å². The second kappa shape index (κ2) is 14.4. The van der Waals surface area contributed by atoms with Crippen LogP contribution in [0.3, 0.4) is 0 Å². The number of piperidine rings is 1. The molecule has 1 aromatic rings. The Morgan fingerprint density at radius 1 is 0.936 bits per heavy atom. The number of ketones is 2. The van der Waals surface area contributed by atoms with Crippen LogP contribution in [-0.2, 0) is 19.2 Å². The lowest BCUT2D eigenvalue weighted by Crippen LogP contribution is -2.62. The predicted molar refractivity (Wildman–Crippen MR) is 180 cm³/mol. The second-order valence-electron chi connectivity index (χ2n) is 15.5. The lowest BCUT2D eigenvalue weighted by Gasteiger charge is -2.38. The molecule has 11 nitrogen and oxygen atoms in total. The van der Waals surface area contributed by atoms with Crippen molar-refractivity contribution < 1.29 is 28.8 Å². The molecule has 47 heavy (non-hydrogen) atoms. The van der Waals surface area contributed by atoms with Gasteiger partial charge in [-0.2, -0.15) is 0 Å². The van der Waals surface area contributed by atoms with Gasteiger partial charge in [0.2, 0.25) is 17.6 Å². The van der Waals surface area contributed by atoms with Gasteiger partial charge in [-0.1, -0.05) is 105 Å². The Morgan fingerprint density at radius 3 is 2.04 bits per heavy atom. The molecule has 1 aliphatic carbocycles. The van der Waals surface area contributed by atoms with E-state index in [1.165, 1.54) is 11.0 Å². The number of hydrogen-bond acceptors (Lipinski definition) is 6. The molecule has 0 bridgehead atoms. The van der Waals surface area contributed by atoms with E-state index < -0.39 is 64.5 Å². The highest BCUT2D eigenvalue weighted by Crippen LogP contribution is 2.65. The van der Waals surface area contributed by atoms with Crippen LogP contribution >= 0.6 is 0 Å². The summed E-state index contributed by atoms with van der Waals surface area (Å²) in [5.41, 5.74) is -1.14. The van der Waals surface area contributed by atoms with E-state index in [2.05, 4.69) is 27.8 Å². The van der Waals surface area contributed by atoms with E-state index in [0.29, 0.717) is 18.5 Å². The van der Waals surface area contributed by atoms with Gasteiger partial charge in [0.15, 0.2) is 5.78 Å². The van der Waals surface area contributed by atoms with Gasteiger partial charge in [0, 0.05) is 18.7 Å². The van der Waals surface area contributed by atoms with Crippen molar-refractivity contribution in [1.29, 1.82) is 0 Å². The van der Waals surface area contributed by atoms with Crippen molar-refractivity contribution in [1.82, 2.24) is 26.2 Å². The van der Waals surface area contributed by atoms with Crippen molar-refractivity contribution in [3.05, 3.63) is 48.6 Å². The van der Waals surface area contributed by atoms with Gasteiger partial charge < -0.3 is 26.2 Å². The monoisotopic (exact) mass is 651 g/mol. The molecule has 5 amide bonds. The van der Waals surface area contributed by atoms with E-state index in [4.69, 9.17) is 0 Å². The standard InChI is InChI=1S/C36H53N5O6/c1-11-16-23(27(43)31(45)37-19-12-2)38-30(44)25-24-22(36(24,9)10)20-41(25)32(46)29(35(6,7)8)40-33(47)39-28(34(3,4)5)26(42)21-17-14-13-15-18-21/h12-15,17-18,22-25,28-29H,2,11,16,19-20H2,1,3-10H3,(H,37,45)(H,38,44)(H2,39,40,47)/t22-,23?,24?,25-,28?,29+/m0/s1. The molecule has 2 fully saturated rings. The summed E-state index contributed by atoms with van der Waals surface area (Å²) in [4.78, 5) is 82.1. The molecular formula is C36H53N5O6. The highest BCUT2D eigenvalue weighted by molar-refractivity contribution is 6.38. The zero-order valence-corrected chi connectivity index (χ0v) is 29.4. The van der Waals surface area contributed by atoms with Crippen LogP contribution in [-0.4, -0.2) is 77.5 Å². The third-order valence-corrected chi connectivity index (χ3v) is 9.45. The van der Waals surface area contributed by atoms with E-state index in [0.717, 1.165) is 0 Å². The summed E-state index contributed by atoms with van der Waals surface area (Å²) in [6.07, 6.45) is 2.26. The predicted octanol–water partition coefficient (Wildman–Crippen LogP) is 3.64. The minimum absolute atomic E-state index is 0.0571. The topological polar surface area (TPSA) is 154 Å². The summed E-state index contributed by atoms with van der Waals surface area (Å²) < 4.78 is 0. The number of carbonyl (C=O) groups is 6. The summed E-state index contributed by atoms with van der Waals surface area (Å²) in [5, 5.41) is 10.9. The first-order valence-corrected chi connectivity index (χ1v) is 16.5. The molecule has 4 N–H and O–H groups in total. The number of nitrogens with one attached hydrogen (secondary N) is 4. The summed E-state index contributed by atoms with van der Waals surface area (Å²) in [5.74, 6) is -2.84. The number of fused-ring (bicyclic) bond motifs is 1. The van der Waals surface area contributed by atoms with Gasteiger partial charge in [0.25, 0.3) is 5.91 Å². The average molecular weight is 652 g/mol. The smallest absolute Gasteiger partial charge is 0.316 e. The van der Waals surface area contributed by atoms with Gasteiger partial charge >= 0.3 is 6.03 Å². The Hall–Kier alpha value is -4.02. The molecule has 0 radical (unpaired) electrons. The molecule has 3 unspecified atom stereocenters. The van der Waals surface area contributed by atoms with Crippen LogP contribution in [0.5, 0.6) is 0 Å². The summed E-state index contributed by atoms with van der Waals surface area (Å²) in [6, 6.07) is 4.19. The summed E-state index contributed by atoms with van der Waals surface area (Å²) in [7, 11) is 0. The molecule has 0 spiro atoms. The normalized spacial score (nSPS) is 21.7. The number of Topliss-reactive ketones (excluding diaryl/α,β-unsaturated/α-hetero) is 2. The zero-order valence-electron chi connectivity index (χ0n) is 29.4. The van der Waals surface area contributed by atoms with Crippen molar-refractivity contribution in [2.45, 2.75) is 99.3 Å². The number of urea groups is 1. The largest absolute Gasteiger partial charge is 0.346 e. The van der Waals surface area contributed by atoms with Crippen LogP contribution in [0, 0.1) is 28.1 Å². The first kappa shape index (κ1) is 37.4. The fraction of sp³-hybridized carbons (Fsp3) is 0.611. The lowest BCUT2D eigenvalue weighted by atomic mass is 9.82. The molecule has 258 valence electrons. The quantitative estimate of drug-likeness (QED) is 0.145. The number of rotatable bonds is 13. The van der Waals surface area contributed by atoms with Crippen LogP contribution in [0.2, 0.25) is 0 Å². The highest BCUT2D eigenvalue weighted by Gasteiger charge is 2.70. The third kappa shape index (κ3) is 8.48. The number of likely N-dealkylation sites (tertiary alicyclic amines) is 1. The van der Waals surface area contributed by atoms with Crippen LogP contribution < -0.4 is 21.3 Å². The Kier molecular flexibility index (Phi) is 11.5. The van der Waals surface area contributed by atoms with E-state index in [1.807, 2.05) is 68.4 Å². The number of benzene rings is 1. The van der Waals surface area contributed by atoms with Gasteiger partial charge in [0.05, 0.1) is 12.1 Å². The van der Waals surface area contributed by atoms with Crippen molar-refractivity contribution in [3.63, 3.8) is 0 Å². The van der Waals surface area contributed by atoms with Gasteiger partial charge in [0.1, 0.15) is 12.1 Å².